The van der Waals surface area contributed by atoms with Gasteiger partial charge in [0, 0.05) is 23.5 Å². The summed E-state index contributed by atoms with van der Waals surface area (Å²) in [7, 11) is 0. The Kier molecular flexibility index (Phi) is 3.94. The second-order valence-electron chi connectivity index (χ2n) is 4.67. The normalized spacial score (nSPS) is 12.4. The van der Waals surface area contributed by atoms with E-state index in [1.807, 2.05) is 0 Å². The summed E-state index contributed by atoms with van der Waals surface area (Å²) in [6, 6.07) is 4.30. The zero-order chi connectivity index (χ0) is 14.9. The SMILES string of the molecule is Cc1cc(C)n(CC(N)c2c(F)cccc2F)c(=O)n1. The van der Waals surface area contributed by atoms with Gasteiger partial charge in [0.2, 0.25) is 0 Å². The first-order chi connectivity index (χ1) is 9.40. The number of nitrogens with two attached hydrogens (primary N) is 1. The molecule has 0 radical (unpaired) electrons. The lowest BCUT2D eigenvalue weighted by Crippen LogP contribution is -2.31. The first-order valence-electron chi connectivity index (χ1n) is 6.14. The molecule has 2 rings (SSSR count). The Morgan fingerprint density at radius 1 is 1.30 bits per heavy atom. The summed E-state index contributed by atoms with van der Waals surface area (Å²) < 4.78 is 28.6. The van der Waals surface area contributed by atoms with Gasteiger partial charge < -0.3 is 5.73 Å². The molecule has 1 aromatic heterocycles. The summed E-state index contributed by atoms with van der Waals surface area (Å²) in [4.78, 5) is 15.6. The number of halogens is 2. The Balaban J connectivity index is 2.38. The Bertz CT molecular complexity index is 677. The maximum absolute atomic E-state index is 13.6. The molecule has 106 valence electrons. The van der Waals surface area contributed by atoms with Gasteiger partial charge in [0.25, 0.3) is 0 Å². The van der Waals surface area contributed by atoms with Gasteiger partial charge in [0.05, 0.1) is 6.04 Å². The third kappa shape index (κ3) is 2.75. The molecular formula is C14H15F2N3O. The van der Waals surface area contributed by atoms with Crippen molar-refractivity contribution in [1.29, 1.82) is 0 Å². The van der Waals surface area contributed by atoms with E-state index in [4.69, 9.17) is 5.73 Å². The zero-order valence-corrected chi connectivity index (χ0v) is 11.2. The number of rotatable bonds is 3. The van der Waals surface area contributed by atoms with E-state index in [9.17, 15) is 13.6 Å². The van der Waals surface area contributed by atoms with E-state index < -0.39 is 23.4 Å². The van der Waals surface area contributed by atoms with Gasteiger partial charge in [0.15, 0.2) is 0 Å². The molecule has 0 amide bonds. The van der Waals surface area contributed by atoms with Crippen molar-refractivity contribution >= 4 is 0 Å². The average molecular weight is 279 g/mol. The predicted molar refractivity (Wildman–Crippen MR) is 71.3 cm³/mol. The van der Waals surface area contributed by atoms with E-state index in [-0.39, 0.29) is 12.1 Å². The highest BCUT2D eigenvalue weighted by Gasteiger charge is 2.18. The van der Waals surface area contributed by atoms with Crippen molar-refractivity contribution in [1.82, 2.24) is 9.55 Å². The molecule has 20 heavy (non-hydrogen) atoms. The van der Waals surface area contributed by atoms with Crippen molar-refractivity contribution in [2.24, 2.45) is 5.73 Å². The number of aryl methyl sites for hydroxylation is 2. The highest BCUT2D eigenvalue weighted by molar-refractivity contribution is 5.23. The lowest BCUT2D eigenvalue weighted by Gasteiger charge is -2.17. The molecule has 0 fully saturated rings. The van der Waals surface area contributed by atoms with Gasteiger partial charge in [-0.05, 0) is 32.0 Å². The first kappa shape index (κ1) is 14.3. The van der Waals surface area contributed by atoms with E-state index in [0.717, 1.165) is 12.1 Å². The highest BCUT2D eigenvalue weighted by Crippen LogP contribution is 2.20. The molecule has 0 saturated carbocycles. The molecule has 0 saturated heterocycles. The molecule has 1 atom stereocenters. The van der Waals surface area contributed by atoms with Crippen LogP contribution in [-0.4, -0.2) is 9.55 Å². The Morgan fingerprint density at radius 2 is 1.90 bits per heavy atom. The van der Waals surface area contributed by atoms with Gasteiger partial charge in [-0.25, -0.2) is 13.6 Å². The van der Waals surface area contributed by atoms with E-state index in [1.165, 1.54) is 10.6 Å². The third-order valence-corrected chi connectivity index (χ3v) is 3.10. The van der Waals surface area contributed by atoms with Crippen LogP contribution in [0, 0.1) is 25.5 Å². The smallest absolute Gasteiger partial charge is 0.322 e. The summed E-state index contributed by atoms with van der Waals surface area (Å²) in [5.74, 6) is -1.44. The fourth-order valence-corrected chi connectivity index (χ4v) is 2.15. The average Bonchev–Trinajstić information content (AvgIpc) is 2.33. The van der Waals surface area contributed by atoms with E-state index in [2.05, 4.69) is 4.98 Å². The second-order valence-corrected chi connectivity index (χ2v) is 4.67. The topological polar surface area (TPSA) is 60.9 Å². The largest absolute Gasteiger partial charge is 0.348 e. The number of hydrogen-bond donors (Lipinski definition) is 1. The minimum atomic E-state index is -0.961. The second kappa shape index (κ2) is 5.50. The fourth-order valence-electron chi connectivity index (χ4n) is 2.15. The van der Waals surface area contributed by atoms with Gasteiger partial charge in [-0.15, -0.1) is 0 Å². The quantitative estimate of drug-likeness (QED) is 0.932. The van der Waals surface area contributed by atoms with Crippen LogP contribution in [0.2, 0.25) is 0 Å². The molecule has 1 unspecified atom stereocenters. The van der Waals surface area contributed by atoms with Crippen LogP contribution in [0.15, 0.2) is 29.1 Å². The summed E-state index contributed by atoms with van der Waals surface area (Å²) in [5, 5.41) is 0. The molecule has 1 aromatic carbocycles. The van der Waals surface area contributed by atoms with E-state index >= 15 is 0 Å². The van der Waals surface area contributed by atoms with Crippen LogP contribution in [0.3, 0.4) is 0 Å². The molecule has 2 N–H and O–H groups in total. The van der Waals surface area contributed by atoms with E-state index in [0.29, 0.717) is 11.4 Å². The molecule has 0 spiro atoms. The summed E-state index contributed by atoms with van der Waals surface area (Å²) in [6.07, 6.45) is 0. The predicted octanol–water partition coefficient (Wildman–Crippen LogP) is 1.84. The molecular weight excluding hydrogens is 264 g/mol. The molecule has 0 aliphatic rings. The number of aromatic nitrogens is 2. The standard InChI is InChI=1S/C14H15F2N3O/c1-8-6-9(2)19(14(20)18-8)7-12(17)13-10(15)4-3-5-11(13)16/h3-6,12H,7,17H2,1-2H3. The molecule has 6 heteroatoms. The molecule has 1 heterocycles. The van der Waals surface area contributed by atoms with Crippen LogP contribution < -0.4 is 11.4 Å². The maximum atomic E-state index is 13.6. The highest BCUT2D eigenvalue weighted by atomic mass is 19.1. The Morgan fingerprint density at radius 3 is 2.45 bits per heavy atom. The van der Waals surface area contributed by atoms with Crippen molar-refractivity contribution in [3.8, 4) is 0 Å². The summed E-state index contributed by atoms with van der Waals surface area (Å²) >= 11 is 0. The number of benzene rings is 1. The minimum absolute atomic E-state index is 0.0319. The van der Waals surface area contributed by atoms with Crippen molar-refractivity contribution < 1.29 is 8.78 Å². The van der Waals surface area contributed by atoms with E-state index in [1.54, 1.807) is 19.9 Å². The minimum Gasteiger partial charge on any atom is -0.322 e. The number of hydrogen-bond acceptors (Lipinski definition) is 3. The van der Waals surface area contributed by atoms with Crippen LogP contribution >= 0.6 is 0 Å². The number of nitrogens with zero attached hydrogens (tertiary/aromatic N) is 2. The van der Waals surface area contributed by atoms with Crippen LogP contribution in [0.1, 0.15) is 23.0 Å². The lowest BCUT2D eigenvalue weighted by atomic mass is 10.1. The van der Waals surface area contributed by atoms with Crippen LogP contribution in [-0.2, 0) is 6.54 Å². The van der Waals surface area contributed by atoms with Gasteiger partial charge in [-0.3, -0.25) is 4.57 Å². The fraction of sp³-hybridized carbons (Fsp3) is 0.286. The zero-order valence-electron chi connectivity index (χ0n) is 11.2. The first-order valence-corrected chi connectivity index (χ1v) is 6.14. The van der Waals surface area contributed by atoms with Crippen molar-refractivity contribution in [3.63, 3.8) is 0 Å². The Labute approximate surface area is 114 Å². The Hall–Kier alpha value is -2.08. The van der Waals surface area contributed by atoms with Gasteiger partial charge in [-0.2, -0.15) is 4.98 Å². The van der Waals surface area contributed by atoms with Crippen molar-refractivity contribution in [3.05, 3.63) is 63.3 Å². The maximum Gasteiger partial charge on any atom is 0.348 e. The van der Waals surface area contributed by atoms with Crippen LogP contribution in [0.25, 0.3) is 0 Å². The van der Waals surface area contributed by atoms with Crippen LogP contribution in [0.4, 0.5) is 8.78 Å². The van der Waals surface area contributed by atoms with Gasteiger partial charge >= 0.3 is 5.69 Å². The van der Waals surface area contributed by atoms with Gasteiger partial charge in [-0.1, -0.05) is 6.07 Å². The van der Waals surface area contributed by atoms with Crippen molar-refractivity contribution in [2.75, 3.05) is 0 Å². The molecule has 4 nitrogen and oxygen atoms in total. The van der Waals surface area contributed by atoms with Gasteiger partial charge in [0.1, 0.15) is 11.6 Å². The monoisotopic (exact) mass is 279 g/mol. The molecule has 0 aliphatic heterocycles. The summed E-state index contributed by atoms with van der Waals surface area (Å²) in [6.45, 7) is 3.39. The lowest BCUT2D eigenvalue weighted by molar-refractivity contribution is 0.477. The molecule has 2 aromatic rings. The molecule has 0 aliphatic carbocycles. The summed E-state index contributed by atoms with van der Waals surface area (Å²) in [5.41, 5.74) is 6.38. The third-order valence-electron chi connectivity index (χ3n) is 3.10. The van der Waals surface area contributed by atoms with Crippen LogP contribution in [0.5, 0.6) is 0 Å². The molecule has 0 bridgehead atoms. The van der Waals surface area contributed by atoms with Crippen molar-refractivity contribution in [2.45, 2.75) is 26.4 Å².